The van der Waals surface area contributed by atoms with Crippen molar-refractivity contribution in [3.8, 4) is 0 Å². The number of rotatable bonds is 7. The van der Waals surface area contributed by atoms with Crippen molar-refractivity contribution in [2.24, 2.45) is 0 Å². The summed E-state index contributed by atoms with van der Waals surface area (Å²) in [5, 5.41) is 12.5. The molecule has 0 bridgehead atoms. The number of aliphatic carboxylic acids is 1. The lowest BCUT2D eigenvalue weighted by molar-refractivity contribution is -0.148. The zero-order chi connectivity index (χ0) is 15.2. The number of carboxylic acid groups (broad SMARTS) is 1. The summed E-state index contributed by atoms with van der Waals surface area (Å²) in [7, 11) is 0. The van der Waals surface area contributed by atoms with Gasteiger partial charge in [0.2, 0.25) is 5.91 Å². The molecule has 0 saturated heterocycles. The SMILES string of the molecule is CCC(CC)(NC(=O)CCc1ccccc1Cl)C(=O)O. The molecule has 20 heavy (non-hydrogen) atoms. The Kier molecular flexibility index (Phi) is 6.02. The van der Waals surface area contributed by atoms with Gasteiger partial charge < -0.3 is 10.4 Å². The fraction of sp³-hybridized carbons (Fsp3) is 0.467. The number of carbonyl (C=O) groups is 2. The van der Waals surface area contributed by atoms with E-state index in [0.29, 0.717) is 24.3 Å². The van der Waals surface area contributed by atoms with Crippen molar-refractivity contribution < 1.29 is 14.7 Å². The van der Waals surface area contributed by atoms with Gasteiger partial charge in [0.25, 0.3) is 0 Å². The van der Waals surface area contributed by atoms with E-state index in [-0.39, 0.29) is 12.3 Å². The summed E-state index contributed by atoms with van der Waals surface area (Å²) in [5.74, 6) is -1.26. The number of carbonyl (C=O) groups excluding carboxylic acids is 1. The van der Waals surface area contributed by atoms with Crippen molar-refractivity contribution in [3.63, 3.8) is 0 Å². The molecule has 0 radical (unpaired) electrons. The number of aryl methyl sites for hydroxylation is 1. The Hall–Kier alpha value is -1.55. The van der Waals surface area contributed by atoms with Crippen LogP contribution in [0.5, 0.6) is 0 Å². The van der Waals surface area contributed by atoms with E-state index in [2.05, 4.69) is 5.32 Å². The standard InChI is InChI=1S/C15H20ClNO3/c1-3-15(4-2,14(19)20)17-13(18)10-9-11-7-5-6-8-12(11)16/h5-8H,3-4,9-10H2,1-2H3,(H,17,18)(H,19,20). The number of hydrogen-bond acceptors (Lipinski definition) is 2. The van der Waals surface area contributed by atoms with Crippen molar-refractivity contribution in [2.75, 3.05) is 0 Å². The molecule has 5 heteroatoms. The smallest absolute Gasteiger partial charge is 0.329 e. The fourth-order valence-electron chi connectivity index (χ4n) is 2.06. The summed E-state index contributed by atoms with van der Waals surface area (Å²) in [6, 6.07) is 7.32. The lowest BCUT2D eigenvalue weighted by atomic mass is 9.92. The van der Waals surface area contributed by atoms with Crippen LogP contribution in [0.25, 0.3) is 0 Å². The third-order valence-electron chi connectivity index (χ3n) is 3.57. The molecule has 0 atom stereocenters. The summed E-state index contributed by atoms with van der Waals surface area (Å²) >= 11 is 6.02. The van der Waals surface area contributed by atoms with E-state index in [9.17, 15) is 14.7 Å². The largest absolute Gasteiger partial charge is 0.480 e. The van der Waals surface area contributed by atoms with Crippen LogP contribution >= 0.6 is 11.6 Å². The summed E-state index contributed by atoms with van der Waals surface area (Å²) in [6.45, 7) is 3.51. The van der Waals surface area contributed by atoms with Crippen LogP contribution in [0.2, 0.25) is 5.02 Å². The van der Waals surface area contributed by atoms with Gasteiger partial charge in [0.05, 0.1) is 0 Å². The molecule has 0 saturated carbocycles. The minimum absolute atomic E-state index is 0.221. The molecule has 1 rings (SSSR count). The molecule has 110 valence electrons. The highest BCUT2D eigenvalue weighted by atomic mass is 35.5. The molecule has 0 aliphatic rings. The second kappa shape index (κ2) is 7.29. The van der Waals surface area contributed by atoms with Crippen LogP contribution in [0.4, 0.5) is 0 Å². The van der Waals surface area contributed by atoms with Gasteiger partial charge in [-0.2, -0.15) is 0 Å². The summed E-state index contributed by atoms with van der Waals surface area (Å²) in [5.41, 5.74) is -0.282. The van der Waals surface area contributed by atoms with E-state index >= 15 is 0 Å². The van der Waals surface area contributed by atoms with Gasteiger partial charge in [0, 0.05) is 11.4 Å². The van der Waals surface area contributed by atoms with Crippen molar-refractivity contribution in [1.82, 2.24) is 5.32 Å². The highest BCUT2D eigenvalue weighted by Gasteiger charge is 2.36. The topological polar surface area (TPSA) is 66.4 Å². The monoisotopic (exact) mass is 297 g/mol. The van der Waals surface area contributed by atoms with Crippen molar-refractivity contribution in [1.29, 1.82) is 0 Å². The Labute approximate surface area is 124 Å². The molecule has 0 heterocycles. The van der Waals surface area contributed by atoms with Crippen LogP contribution in [0.1, 0.15) is 38.7 Å². The van der Waals surface area contributed by atoms with Gasteiger partial charge in [-0.25, -0.2) is 4.79 Å². The van der Waals surface area contributed by atoms with E-state index in [1.165, 1.54) is 0 Å². The lowest BCUT2D eigenvalue weighted by Crippen LogP contribution is -2.53. The number of carboxylic acids is 1. The Bertz CT molecular complexity index is 484. The first-order valence-electron chi connectivity index (χ1n) is 6.73. The molecule has 4 nitrogen and oxygen atoms in total. The highest BCUT2D eigenvalue weighted by Crippen LogP contribution is 2.18. The Balaban J connectivity index is 2.64. The maximum atomic E-state index is 11.9. The second-order valence-corrected chi connectivity index (χ2v) is 5.14. The lowest BCUT2D eigenvalue weighted by Gasteiger charge is -2.28. The second-order valence-electron chi connectivity index (χ2n) is 4.73. The summed E-state index contributed by atoms with van der Waals surface area (Å²) in [6.07, 6.45) is 1.43. The van der Waals surface area contributed by atoms with Crippen LogP contribution < -0.4 is 5.32 Å². The first-order valence-corrected chi connectivity index (χ1v) is 7.10. The van der Waals surface area contributed by atoms with E-state index < -0.39 is 11.5 Å². The van der Waals surface area contributed by atoms with Gasteiger partial charge in [0.1, 0.15) is 5.54 Å². The molecule has 0 fully saturated rings. The molecule has 0 spiro atoms. The van der Waals surface area contributed by atoms with E-state index in [1.807, 2.05) is 18.2 Å². The van der Waals surface area contributed by atoms with E-state index in [1.54, 1.807) is 19.9 Å². The van der Waals surface area contributed by atoms with Gasteiger partial charge in [-0.3, -0.25) is 4.79 Å². The first kappa shape index (κ1) is 16.5. The molecule has 2 N–H and O–H groups in total. The Morgan fingerprint density at radius 1 is 1.25 bits per heavy atom. The first-order chi connectivity index (χ1) is 9.45. The molecule has 0 aromatic heterocycles. The molecule has 0 aliphatic carbocycles. The third-order valence-corrected chi connectivity index (χ3v) is 3.94. The van der Waals surface area contributed by atoms with Crippen LogP contribution in [0.3, 0.4) is 0 Å². The van der Waals surface area contributed by atoms with Crippen molar-refractivity contribution in [3.05, 3.63) is 34.9 Å². The third kappa shape index (κ3) is 3.97. The van der Waals surface area contributed by atoms with Gasteiger partial charge in [-0.1, -0.05) is 43.6 Å². The van der Waals surface area contributed by atoms with Crippen LogP contribution in [-0.4, -0.2) is 22.5 Å². The van der Waals surface area contributed by atoms with Gasteiger partial charge >= 0.3 is 5.97 Å². The minimum Gasteiger partial charge on any atom is -0.480 e. The Morgan fingerprint density at radius 3 is 2.35 bits per heavy atom. The molecular formula is C15H20ClNO3. The van der Waals surface area contributed by atoms with E-state index in [0.717, 1.165) is 5.56 Å². The zero-order valence-corrected chi connectivity index (χ0v) is 12.5. The average molecular weight is 298 g/mol. The number of halogens is 1. The molecule has 1 aromatic carbocycles. The molecule has 1 aromatic rings. The van der Waals surface area contributed by atoms with Gasteiger partial charge in [-0.15, -0.1) is 0 Å². The Morgan fingerprint density at radius 2 is 1.85 bits per heavy atom. The number of benzene rings is 1. The molecule has 0 aliphatic heterocycles. The van der Waals surface area contributed by atoms with Crippen LogP contribution in [0, 0.1) is 0 Å². The van der Waals surface area contributed by atoms with Crippen LogP contribution in [-0.2, 0) is 16.0 Å². The number of amides is 1. The van der Waals surface area contributed by atoms with Crippen LogP contribution in [0.15, 0.2) is 24.3 Å². The predicted octanol–water partition coefficient (Wildman–Crippen LogP) is 3.03. The van der Waals surface area contributed by atoms with Crippen molar-refractivity contribution in [2.45, 2.75) is 45.1 Å². The fourth-order valence-corrected chi connectivity index (χ4v) is 2.29. The van der Waals surface area contributed by atoms with Gasteiger partial charge in [-0.05, 0) is 30.9 Å². The zero-order valence-electron chi connectivity index (χ0n) is 11.8. The molecular weight excluding hydrogens is 278 g/mol. The quantitative estimate of drug-likeness (QED) is 0.813. The van der Waals surface area contributed by atoms with Gasteiger partial charge in [0.15, 0.2) is 0 Å². The highest BCUT2D eigenvalue weighted by molar-refractivity contribution is 6.31. The minimum atomic E-state index is -1.17. The molecule has 1 amide bonds. The summed E-state index contributed by atoms with van der Waals surface area (Å²) in [4.78, 5) is 23.3. The number of nitrogens with one attached hydrogen (secondary N) is 1. The van der Waals surface area contributed by atoms with E-state index in [4.69, 9.17) is 11.6 Å². The normalized spacial score (nSPS) is 11.2. The summed E-state index contributed by atoms with van der Waals surface area (Å²) < 4.78 is 0. The average Bonchev–Trinajstić information content (AvgIpc) is 2.43. The number of hydrogen-bond donors (Lipinski definition) is 2. The molecule has 0 unspecified atom stereocenters. The predicted molar refractivity (Wildman–Crippen MR) is 78.9 cm³/mol. The maximum absolute atomic E-state index is 11.9. The maximum Gasteiger partial charge on any atom is 0.329 e. The van der Waals surface area contributed by atoms with Crippen molar-refractivity contribution >= 4 is 23.5 Å².